The van der Waals surface area contributed by atoms with Gasteiger partial charge in [0.25, 0.3) is 5.56 Å². The lowest BCUT2D eigenvalue weighted by Crippen LogP contribution is -2.26. The molecule has 1 N–H and O–H groups in total. The molecular weight excluding hydrogens is 455 g/mol. The molecule has 1 aliphatic heterocycles. The van der Waals surface area contributed by atoms with Crippen LogP contribution in [0.15, 0.2) is 76.9 Å². The molecule has 4 aromatic rings. The summed E-state index contributed by atoms with van der Waals surface area (Å²) < 4.78 is 15.0. The van der Waals surface area contributed by atoms with Crippen LogP contribution in [-0.2, 0) is 6.54 Å². The largest absolute Gasteiger partial charge is 0.394 e. The highest BCUT2D eigenvalue weighted by Crippen LogP contribution is 2.28. The maximum absolute atomic E-state index is 13.6. The Morgan fingerprint density at radius 2 is 1.94 bits per heavy atom. The number of fused-ring (bicyclic) bond motifs is 1. The molecule has 0 saturated heterocycles. The lowest BCUT2D eigenvalue weighted by molar-refractivity contribution is 0.247. The molecular formula is C26H20ClFN4O2. The molecule has 0 spiro atoms. The summed E-state index contributed by atoms with van der Waals surface area (Å²) >= 11 is 5.89. The van der Waals surface area contributed by atoms with Gasteiger partial charge < -0.3 is 9.67 Å². The van der Waals surface area contributed by atoms with E-state index in [9.17, 15) is 14.3 Å². The molecule has 8 heteroatoms. The first-order chi connectivity index (χ1) is 16.4. The Bertz CT molecular complexity index is 1500. The predicted octanol–water partition coefficient (Wildman–Crippen LogP) is 4.34. The first-order valence-electron chi connectivity index (χ1n) is 10.7. The first kappa shape index (κ1) is 22.1. The van der Waals surface area contributed by atoms with Crippen molar-refractivity contribution in [3.8, 4) is 11.1 Å². The van der Waals surface area contributed by atoms with Crippen LogP contribution >= 0.6 is 11.6 Å². The number of hydrogen-bond acceptors (Lipinski definition) is 5. The molecule has 0 saturated carbocycles. The number of hydrogen-bond donors (Lipinski definition) is 1. The highest BCUT2D eigenvalue weighted by atomic mass is 35.5. The number of halogens is 2. The molecule has 3 aromatic heterocycles. The van der Waals surface area contributed by atoms with Crippen LogP contribution in [-0.4, -0.2) is 32.0 Å². The molecule has 34 heavy (non-hydrogen) atoms. The molecule has 5 rings (SSSR count). The summed E-state index contributed by atoms with van der Waals surface area (Å²) in [6.07, 6.45) is 5.11. The molecule has 6 nitrogen and oxygen atoms in total. The summed E-state index contributed by atoms with van der Waals surface area (Å²) in [6, 6.07) is 12.7. The average molecular weight is 475 g/mol. The molecule has 0 radical (unpaired) electrons. The number of aliphatic imine (C=N–C) groups is 1. The lowest BCUT2D eigenvalue weighted by Gasteiger charge is -2.19. The molecule has 0 unspecified atom stereocenters. The fourth-order valence-corrected chi connectivity index (χ4v) is 4.35. The van der Waals surface area contributed by atoms with Gasteiger partial charge in [0, 0.05) is 47.0 Å². The molecule has 1 aromatic carbocycles. The quantitative estimate of drug-likeness (QED) is 0.466. The molecule has 0 aliphatic carbocycles. The summed E-state index contributed by atoms with van der Waals surface area (Å²) in [7, 11) is 0. The van der Waals surface area contributed by atoms with Crippen molar-refractivity contribution in [2.24, 2.45) is 4.99 Å². The Balaban J connectivity index is 1.50. The molecule has 170 valence electrons. The van der Waals surface area contributed by atoms with Crippen molar-refractivity contribution >= 4 is 17.3 Å². The standard InChI is InChI=1S/C26H20ClFN4O2/c1-15-8-18(4-6-29-15)26-20-9-19(12-30-23(20)13-31-26)16-5-7-32(25(34)11-16)24(14-33)17-2-3-22(28)21(27)10-17/h2-12,24,33H,13-14H2,1H3/t24-/m1/s1. The van der Waals surface area contributed by atoms with Crippen molar-refractivity contribution in [1.29, 1.82) is 0 Å². The number of aryl methyl sites for hydroxylation is 1. The smallest absolute Gasteiger partial charge is 0.251 e. The van der Waals surface area contributed by atoms with Gasteiger partial charge >= 0.3 is 0 Å². The fourth-order valence-electron chi connectivity index (χ4n) is 4.16. The van der Waals surface area contributed by atoms with E-state index >= 15 is 0 Å². The molecule has 1 aliphatic rings. The van der Waals surface area contributed by atoms with Crippen LogP contribution in [0.3, 0.4) is 0 Å². The highest BCUT2D eigenvalue weighted by Gasteiger charge is 2.21. The zero-order chi connectivity index (χ0) is 23.8. The van der Waals surface area contributed by atoms with Crippen molar-refractivity contribution < 1.29 is 9.50 Å². The third kappa shape index (κ3) is 4.04. The Hall–Kier alpha value is -3.68. The minimum atomic E-state index is -0.688. The number of rotatable bonds is 5. The van der Waals surface area contributed by atoms with Crippen LogP contribution in [0.25, 0.3) is 11.1 Å². The minimum Gasteiger partial charge on any atom is -0.394 e. The third-order valence-corrected chi connectivity index (χ3v) is 6.19. The summed E-state index contributed by atoms with van der Waals surface area (Å²) in [6.45, 7) is 2.10. The molecule has 0 fully saturated rings. The van der Waals surface area contributed by atoms with Crippen molar-refractivity contribution in [2.45, 2.75) is 19.5 Å². The SMILES string of the molecule is Cc1cc(C2=NCc3ncc(-c4ccn([C@H](CO)c5ccc(F)c(Cl)c5)c(=O)c4)cc32)ccn1. The predicted molar refractivity (Wildman–Crippen MR) is 129 cm³/mol. The zero-order valence-corrected chi connectivity index (χ0v) is 19.0. The van der Waals surface area contributed by atoms with E-state index in [4.69, 9.17) is 11.6 Å². The van der Waals surface area contributed by atoms with Gasteiger partial charge in [-0.15, -0.1) is 0 Å². The van der Waals surface area contributed by atoms with Gasteiger partial charge in [-0.3, -0.25) is 19.8 Å². The normalized spacial score (nSPS) is 13.5. The Kier molecular flexibility index (Phi) is 5.81. The van der Waals surface area contributed by atoms with Gasteiger partial charge in [0.1, 0.15) is 5.82 Å². The maximum atomic E-state index is 13.6. The molecule has 4 heterocycles. The molecule has 0 amide bonds. The van der Waals surface area contributed by atoms with E-state index in [1.54, 1.807) is 24.7 Å². The van der Waals surface area contributed by atoms with E-state index in [1.807, 2.05) is 25.1 Å². The van der Waals surface area contributed by atoms with Crippen molar-refractivity contribution in [3.05, 3.63) is 116 Å². The second kappa shape index (κ2) is 8.93. The number of pyridine rings is 3. The van der Waals surface area contributed by atoms with Gasteiger partial charge in [-0.2, -0.15) is 0 Å². The van der Waals surface area contributed by atoms with Gasteiger partial charge in [-0.1, -0.05) is 17.7 Å². The van der Waals surface area contributed by atoms with Crippen LogP contribution in [0.2, 0.25) is 5.02 Å². The van der Waals surface area contributed by atoms with Crippen LogP contribution in [0, 0.1) is 12.7 Å². The van der Waals surface area contributed by atoms with Gasteiger partial charge in [-0.05, 0) is 54.4 Å². The number of benzene rings is 1. The molecule has 0 bridgehead atoms. The number of nitrogens with zero attached hydrogens (tertiary/aromatic N) is 4. The van der Waals surface area contributed by atoms with E-state index in [-0.39, 0.29) is 17.2 Å². The lowest BCUT2D eigenvalue weighted by atomic mass is 9.99. The molecule has 1 atom stereocenters. The van der Waals surface area contributed by atoms with E-state index < -0.39 is 11.9 Å². The number of aliphatic hydroxyl groups is 1. The number of aliphatic hydroxyl groups excluding tert-OH is 1. The van der Waals surface area contributed by atoms with Crippen LogP contribution < -0.4 is 5.56 Å². The highest BCUT2D eigenvalue weighted by molar-refractivity contribution is 6.30. The summed E-state index contributed by atoms with van der Waals surface area (Å²) in [5.41, 5.74) is 6.27. The van der Waals surface area contributed by atoms with Gasteiger partial charge in [0.2, 0.25) is 0 Å². The maximum Gasteiger partial charge on any atom is 0.251 e. The van der Waals surface area contributed by atoms with Crippen LogP contribution in [0.4, 0.5) is 4.39 Å². The van der Waals surface area contributed by atoms with Crippen molar-refractivity contribution in [3.63, 3.8) is 0 Å². The Morgan fingerprint density at radius 1 is 1.09 bits per heavy atom. The number of aromatic nitrogens is 3. The first-order valence-corrected chi connectivity index (χ1v) is 11.1. The fraction of sp³-hybridized carbons (Fsp3) is 0.154. The Morgan fingerprint density at radius 3 is 2.68 bits per heavy atom. The second-order valence-electron chi connectivity index (χ2n) is 8.10. The second-order valence-corrected chi connectivity index (χ2v) is 8.51. The van der Waals surface area contributed by atoms with Gasteiger partial charge in [0.05, 0.1) is 35.6 Å². The zero-order valence-electron chi connectivity index (χ0n) is 18.2. The average Bonchev–Trinajstić information content (AvgIpc) is 3.26. The van der Waals surface area contributed by atoms with Crippen molar-refractivity contribution in [2.75, 3.05) is 6.61 Å². The van der Waals surface area contributed by atoms with Gasteiger partial charge in [0.15, 0.2) is 0 Å². The van der Waals surface area contributed by atoms with Gasteiger partial charge in [-0.25, -0.2) is 4.39 Å². The Labute approximate surface area is 200 Å². The summed E-state index contributed by atoms with van der Waals surface area (Å²) in [4.78, 5) is 26.5. The van der Waals surface area contributed by atoms with E-state index in [0.29, 0.717) is 17.7 Å². The van der Waals surface area contributed by atoms with Crippen LogP contribution in [0.5, 0.6) is 0 Å². The summed E-state index contributed by atoms with van der Waals surface area (Å²) in [5, 5.41) is 9.88. The van der Waals surface area contributed by atoms with E-state index in [0.717, 1.165) is 33.8 Å². The van der Waals surface area contributed by atoms with E-state index in [2.05, 4.69) is 15.0 Å². The topological polar surface area (TPSA) is 80.4 Å². The monoisotopic (exact) mass is 474 g/mol. The van der Waals surface area contributed by atoms with Crippen LogP contribution in [0.1, 0.15) is 34.1 Å². The summed E-state index contributed by atoms with van der Waals surface area (Å²) in [5.74, 6) is -0.557. The third-order valence-electron chi connectivity index (χ3n) is 5.90. The minimum absolute atomic E-state index is 0.0632. The van der Waals surface area contributed by atoms with E-state index in [1.165, 1.54) is 28.8 Å². The van der Waals surface area contributed by atoms with Crippen molar-refractivity contribution in [1.82, 2.24) is 14.5 Å².